The molecule has 0 bridgehead atoms. The molecule has 1 atom stereocenters. The largest absolute Gasteiger partial charge is 0.519 e. The molecule has 5 heteroatoms. The molecule has 0 aromatic heterocycles. The minimum Gasteiger partial charge on any atom is -0.519 e. The Bertz CT molecular complexity index is 393. The predicted molar refractivity (Wildman–Crippen MR) is 114 cm³/mol. The molecule has 0 N–H and O–H groups in total. The molecule has 26 heavy (non-hydrogen) atoms. The molecule has 1 fully saturated rings. The molecule has 1 unspecified atom stereocenters. The van der Waals surface area contributed by atoms with E-state index in [2.05, 4.69) is 34.6 Å². The lowest BCUT2D eigenvalue weighted by Crippen LogP contribution is -2.45. The number of hydrogen-bond donors (Lipinski definition) is 0. The van der Waals surface area contributed by atoms with Crippen molar-refractivity contribution in [3.05, 3.63) is 0 Å². The SMILES string of the molecule is CCCC[Si](CCCC)(OC(=O)C(C)C[Si]OC(C)(C)C)C1CCCC1. The Labute approximate surface area is 166 Å². The first kappa shape index (κ1) is 23.9. The molecule has 1 saturated carbocycles. The van der Waals surface area contributed by atoms with E-state index in [-0.39, 0.29) is 17.5 Å². The minimum atomic E-state index is -1.99. The van der Waals surface area contributed by atoms with Gasteiger partial charge in [0.05, 0.1) is 5.92 Å². The second-order valence-electron chi connectivity index (χ2n) is 9.14. The average molecular weight is 399 g/mol. The second-order valence-corrected chi connectivity index (χ2v) is 14.2. The van der Waals surface area contributed by atoms with Crippen molar-refractivity contribution in [1.29, 1.82) is 0 Å². The van der Waals surface area contributed by atoms with E-state index in [1.54, 1.807) is 0 Å². The van der Waals surface area contributed by atoms with E-state index < -0.39 is 8.32 Å². The van der Waals surface area contributed by atoms with Gasteiger partial charge in [-0.2, -0.15) is 0 Å². The van der Waals surface area contributed by atoms with Gasteiger partial charge in [-0.1, -0.05) is 59.3 Å². The summed E-state index contributed by atoms with van der Waals surface area (Å²) >= 11 is 0. The van der Waals surface area contributed by atoms with Gasteiger partial charge < -0.3 is 8.85 Å². The van der Waals surface area contributed by atoms with Gasteiger partial charge in [-0.25, -0.2) is 0 Å². The molecule has 0 aromatic carbocycles. The van der Waals surface area contributed by atoms with E-state index in [1.165, 1.54) is 63.5 Å². The Morgan fingerprint density at radius 3 is 2.12 bits per heavy atom. The molecule has 0 spiro atoms. The number of carbonyl (C=O) groups is 1. The molecule has 0 aromatic rings. The molecule has 1 rings (SSSR count). The third kappa shape index (κ3) is 8.26. The summed E-state index contributed by atoms with van der Waals surface area (Å²) in [5.41, 5.74) is 0.567. The van der Waals surface area contributed by atoms with E-state index >= 15 is 0 Å². The summed E-state index contributed by atoms with van der Waals surface area (Å²) in [6.45, 7) is 12.7. The van der Waals surface area contributed by atoms with Gasteiger partial charge in [0.15, 0.2) is 0 Å². The summed E-state index contributed by atoms with van der Waals surface area (Å²) in [6, 6.07) is 3.13. The Kier molecular flexibility index (Phi) is 10.7. The third-order valence-electron chi connectivity index (χ3n) is 5.48. The van der Waals surface area contributed by atoms with Gasteiger partial charge in [-0.15, -0.1) is 0 Å². The van der Waals surface area contributed by atoms with Crippen LogP contribution >= 0.6 is 0 Å². The van der Waals surface area contributed by atoms with Crippen LogP contribution < -0.4 is 0 Å². The second kappa shape index (κ2) is 11.6. The van der Waals surface area contributed by atoms with Crippen LogP contribution in [0.15, 0.2) is 0 Å². The highest BCUT2D eigenvalue weighted by molar-refractivity contribution is 6.76. The molecular weight excluding hydrogens is 356 g/mol. The maximum Gasteiger partial charge on any atom is 0.295 e. The van der Waals surface area contributed by atoms with E-state index in [4.69, 9.17) is 8.85 Å². The van der Waals surface area contributed by atoms with Crippen molar-refractivity contribution in [3.63, 3.8) is 0 Å². The first-order valence-corrected chi connectivity index (χ1v) is 14.4. The Balaban J connectivity index is 2.76. The van der Waals surface area contributed by atoms with Crippen molar-refractivity contribution < 1.29 is 13.6 Å². The van der Waals surface area contributed by atoms with Crippen molar-refractivity contribution >= 4 is 24.0 Å². The summed E-state index contributed by atoms with van der Waals surface area (Å²) in [5.74, 6) is 0.00740. The van der Waals surface area contributed by atoms with Crippen LogP contribution in [0.4, 0.5) is 0 Å². The Morgan fingerprint density at radius 2 is 1.65 bits per heavy atom. The Hall–Kier alpha value is -0.136. The summed E-state index contributed by atoms with van der Waals surface area (Å²) in [4.78, 5) is 13.0. The van der Waals surface area contributed by atoms with Gasteiger partial charge in [0, 0.05) is 5.60 Å². The summed E-state index contributed by atoms with van der Waals surface area (Å²) < 4.78 is 12.4. The van der Waals surface area contributed by atoms with Gasteiger partial charge in [-0.3, -0.25) is 4.79 Å². The van der Waals surface area contributed by atoms with E-state index in [1.807, 2.05) is 6.92 Å². The van der Waals surface area contributed by atoms with Gasteiger partial charge >= 0.3 is 0 Å². The lowest BCUT2D eigenvalue weighted by Gasteiger charge is -2.37. The topological polar surface area (TPSA) is 35.5 Å². The molecular formula is C21H42O3Si2. The van der Waals surface area contributed by atoms with Crippen LogP contribution in [0.2, 0.25) is 23.7 Å². The normalized spacial score (nSPS) is 17.5. The molecule has 152 valence electrons. The molecule has 0 amide bonds. The zero-order chi connectivity index (χ0) is 19.6. The van der Waals surface area contributed by atoms with Crippen LogP contribution in [0.1, 0.15) is 92.9 Å². The maximum absolute atomic E-state index is 13.0. The fraction of sp³-hybridized carbons (Fsp3) is 0.952. The number of rotatable bonds is 12. The molecule has 0 aliphatic heterocycles. The van der Waals surface area contributed by atoms with Crippen molar-refractivity contribution in [2.24, 2.45) is 5.92 Å². The van der Waals surface area contributed by atoms with Crippen LogP contribution in [0.5, 0.6) is 0 Å². The van der Waals surface area contributed by atoms with Crippen LogP contribution in [0.3, 0.4) is 0 Å². The molecule has 1 aliphatic rings. The van der Waals surface area contributed by atoms with Gasteiger partial charge in [0.2, 0.25) is 9.76 Å². The van der Waals surface area contributed by atoms with Crippen LogP contribution in [0, 0.1) is 5.92 Å². The van der Waals surface area contributed by atoms with Gasteiger partial charge in [-0.05, 0) is 57.3 Å². The number of unbranched alkanes of at least 4 members (excludes halogenated alkanes) is 2. The zero-order valence-electron chi connectivity index (χ0n) is 18.2. The van der Waals surface area contributed by atoms with Crippen LogP contribution in [0.25, 0.3) is 0 Å². The summed E-state index contributed by atoms with van der Waals surface area (Å²) in [6.07, 6.45) is 10.0. The maximum atomic E-state index is 13.0. The molecule has 0 saturated heterocycles. The van der Waals surface area contributed by atoms with E-state index in [9.17, 15) is 4.79 Å². The van der Waals surface area contributed by atoms with Crippen molar-refractivity contribution in [1.82, 2.24) is 0 Å². The van der Waals surface area contributed by atoms with Gasteiger partial charge in [0.1, 0.15) is 0 Å². The van der Waals surface area contributed by atoms with Crippen molar-refractivity contribution in [2.45, 2.75) is 122 Å². The lowest BCUT2D eigenvalue weighted by atomic mass is 10.2. The fourth-order valence-electron chi connectivity index (χ4n) is 3.89. The molecule has 0 heterocycles. The van der Waals surface area contributed by atoms with Crippen molar-refractivity contribution in [2.75, 3.05) is 0 Å². The van der Waals surface area contributed by atoms with Gasteiger partial charge in [0.25, 0.3) is 14.3 Å². The number of carbonyl (C=O) groups excluding carboxylic acids is 1. The lowest BCUT2D eigenvalue weighted by molar-refractivity contribution is -0.139. The quantitative estimate of drug-likeness (QED) is 0.352. The first-order chi connectivity index (χ1) is 12.2. The van der Waals surface area contributed by atoms with E-state index in [0.717, 1.165) is 6.04 Å². The highest BCUT2D eigenvalue weighted by Gasteiger charge is 2.46. The van der Waals surface area contributed by atoms with Crippen LogP contribution in [-0.2, 0) is 13.6 Å². The monoisotopic (exact) mass is 398 g/mol. The molecule has 3 nitrogen and oxygen atoms in total. The molecule has 2 radical (unpaired) electrons. The highest BCUT2D eigenvalue weighted by Crippen LogP contribution is 2.45. The third-order valence-corrected chi connectivity index (χ3v) is 12.1. The smallest absolute Gasteiger partial charge is 0.295 e. The zero-order valence-corrected chi connectivity index (χ0v) is 20.2. The first-order valence-electron chi connectivity index (χ1n) is 10.9. The highest BCUT2D eigenvalue weighted by atomic mass is 28.4. The number of hydrogen-bond acceptors (Lipinski definition) is 3. The summed E-state index contributed by atoms with van der Waals surface area (Å²) in [5, 5.41) is 0. The van der Waals surface area contributed by atoms with E-state index in [0.29, 0.717) is 15.3 Å². The molecule has 1 aliphatic carbocycles. The Morgan fingerprint density at radius 1 is 1.12 bits per heavy atom. The fourth-order valence-corrected chi connectivity index (χ4v) is 10.2. The predicted octanol–water partition coefficient (Wildman–Crippen LogP) is 6.51. The standard InChI is InChI=1S/C21H42O3Si2/c1-7-9-15-26(16-10-8-2,19-13-11-12-14-19)23-20(22)18(3)17-25-24-21(4,5)6/h18-19H,7-17H2,1-6H3. The van der Waals surface area contributed by atoms with Crippen LogP contribution in [-0.4, -0.2) is 29.7 Å². The van der Waals surface area contributed by atoms with Crippen molar-refractivity contribution in [3.8, 4) is 0 Å². The average Bonchev–Trinajstić information content (AvgIpc) is 3.11. The summed E-state index contributed by atoms with van der Waals surface area (Å²) in [7, 11) is -1.63. The minimum absolute atomic E-state index is 0.0489.